The summed E-state index contributed by atoms with van der Waals surface area (Å²) in [6.45, 7) is 3.84. The summed E-state index contributed by atoms with van der Waals surface area (Å²) < 4.78 is 41.1. The topological polar surface area (TPSA) is 46.5 Å². The van der Waals surface area contributed by atoms with Crippen molar-refractivity contribution in [3.05, 3.63) is 77.4 Å². The van der Waals surface area contributed by atoms with Crippen molar-refractivity contribution < 1.29 is 27.8 Å². The lowest BCUT2D eigenvalue weighted by atomic mass is 9.92. The van der Waals surface area contributed by atoms with E-state index in [1.807, 2.05) is 50.2 Å². The molecular weight excluding hydrogens is 369 g/mol. The Balaban J connectivity index is 2.06. The number of carboxylic acid groups (broad SMARTS) is 1. The van der Waals surface area contributed by atoms with Crippen molar-refractivity contribution in [1.82, 2.24) is 0 Å². The Hall–Kier alpha value is -3.28. The Labute approximate surface area is 160 Å². The molecule has 3 aromatic carbocycles. The van der Waals surface area contributed by atoms with Gasteiger partial charge in [-0.1, -0.05) is 42.5 Å². The van der Waals surface area contributed by atoms with E-state index >= 15 is 0 Å². The fourth-order valence-corrected chi connectivity index (χ4v) is 3.16. The maximum Gasteiger partial charge on any atom is 0.573 e. The molecule has 28 heavy (non-hydrogen) atoms. The van der Waals surface area contributed by atoms with Gasteiger partial charge in [-0.2, -0.15) is 0 Å². The number of ether oxygens (including phenoxy) is 1. The van der Waals surface area contributed by atoms with Gasteiger partial charge in [0.05, 0.1) is 5.56 Å². The molecule has 0 saturated heterocycles. The van der Waals surface area contributed by atoms with Crippen LogP contribution in [0.2, 0.25) is 0 Å². The number of aryl methyl sites for hydroxylation is 2. The van der Waals surface area contributed by atoms with Crippen LogP contribution in [0.1, 0.15) is 21.5 Å². The molecule has 0 aliphatic carbocycles. The first kappa shape index (κ1) is 19.5. The third kappa shape index (κ3) is 4.17. The van der Waals surface area contributed by atoms with Gasteiger partial charge in [0.25, 0.3) is 0 Å². The highest BCUT2D eigenvalue weighted by atomic mass is 19.4. The second kappa shape index (κ2) is 7.38. The van der Waals surface area contributed by atoms with Crippen LogP contribution in [0, 0.1) is 13.8 Å². The van der Waals surface area contributed by atoms with Crippen molar-refractivity contribution in [2.45, 2.75) is 20.2 Å². The molecule has 0 spiro atoms. The summed E-state index contributed by atoms with van der Waals surface area (Å²) in [7, 11) is 0. The van der Waals surface area contributed by atoms with Crippen LogP contribution in [-0.4, -0.2) is 17.4 Å². The number of hydrogen-bond acceptors (Lipinski definition) is 2. The number of alkyl halides is 3. The van der Waals surface area contributed by atoms with Gasteiger partial charge in [-0.05, 0) is 65.4 Å². The summed E-state index contributed by atoms with van der Waals surface area (Å²) in [4.78, 5) is 11.6. The molecule has 0 fully saturated rings. The van der Waals surface area contributed by atoms with Crippen LogP contribution < -0.4 is 4.74 Å². The van der Waals surface area contributed by atoms with Crippen molar-refractivity contribution in [2.75, 3.05) is 0 Å². The van der Waals surface area contributed by atoms with Crippen molar-refractivity contribution >= 4 is 5.97 Å². The predicted octanol–water partition coefficient (Wildman–Crippen LogP) is 6.23. The van der Waals surface area contributed by atoms with Gasteiger partial charge in [-0.25, -0.2) is 4.79 Å². The Morgan fingerprint density at radius 2 is 1.54 bits per heavy atom. The molecule has 0 aromatic heterocycles. The molecule has 0 radical (unpaired) electrons. The summed E-state index contributed by atoms with van der Waals surface area (Å²) in [5, 5.41) is 9.47. The first-order valence-electron chi connectivity index (χ1n) is 8.46. The molecule has 0 unspecified atom stereocenters. The summed E-state index contributed by atoms with van der Waals surface area (Å²) in [6.07, 6.45) is -4.89. The Bertz CT molecular complexity index is 1040. The van der Waals surface area contributed by atoms with Gasteiger partial charge in [0.15, 0.2) is 0 Å². The Morgan fingerprint density at radius 1 is 0.857 bits per heavy atom. The largest absolute Gasteiger partial charge is 0.573 e. The number of carboxylic acids is 1. The molecule has 0 heterocycles. The standard InChI is InChI=1S/C22H17F3O3/c1-13-5-3-4-6-17(13)15-7-9-18(14(2)11-15)19-10-8-16(28-22(23,24)25)12-20(19)21(26)27/h3-12H,1-2H3,(H,26,27). The molecular formula is C22H17F3O3. The van der Waals surface area contributed by atoms with Crippen LogP contribution in [0.5, 0.6) is 5.75 Å². The average molecular weight is 386 g/mol. The van der Waals surface area contributed by atoms with E-state index in [0.29, 0.717) is 11.1 Å². The highest BCUT2D eigenvalue weighted by Gasteiger charge is 2.31. The van der Waals surface area contributed by atoms with E-state index in [4.69, 9.17) is 0 Å². The number of aromatic carboxylic acids is 1. The van der Waals surface area contributed by atoms with E-state index in [0.717, 1.165) is 34.4 Å². The fourth-order valence-electron chi connectivity index (χ4n) is 3.16. The molecule has 144 valence electrons. The lowest BCUT2D eigenvalue weighted by Crippen LogP contribution is -2.17. The minimum atomic E-state index is -4.89. The number of rotatable bonds is 4. The van der Waals surface area contributed by atoms with Crippen molar-refractivity contribution in [1.29, 1.82) is 0 Å². The zero-order valence-corrected chi connectivity index (χ0v) is 15.2. The van der Waals surface area contributed by atoms with Gasteiger partial charge in [-0.15, -0.1) is 13.2 Å². The van der Waals surface area contributed by atoms with Crippen molar-refractivity contribution in [2.24, 2.45) is 0 Å². The van der Waals surface area contributed by atoms with Crippen LogP contribution in [0.4, 0.5) is 13.2 Å². The average Bonchev–Trinajstić information content (AvgIpc) is 2.61. The van der Waals surface area contributed by atoms with Crippen molar-refractivity contribution in [3.63, 3.8) is 0 Å². The minimum Gasteiger partial charge on any atom is -0.478 e. The number of hydrogen-bond donors (Lipinski definition) is 1. The van der Waals surface area contributed by atoms with Gasteiger partial charge in [0, 0.05) is 0 Å². The number of halogens is 3. The monoisotopic (exact) mass is 386 g/mol. The molecule has 0 aliphatic heterocycles. The van der Waals surface area contributed by atoms with E-state index < -0.39 is 18.1 Å². The third-order valence-electron chi connectivity index (χ3n) is 4.43. The molecule has 6 heteroatoms. The predicted molar refractivity (Wildman–Crippen MR) is 100 cm³/mol. The van der Waals surface area contributed by atoms with E-state index in [9.17, 15) is 23.1 Å². The summed E-state index contributed by atoms with van der Waals surface area (Å²) >= 11 is 0. The van der Waals surface area contributed by atoms with E-state index in [1.54, 1.807) is 6.07 Å². The van der Waals surface area contributed by atoms with E-state index in [1.165, 1.54) is 6.07 Å². The number of carbonyl (C=O) groups is 1. The van der Waals surface area contributed by atoms with Gasteiger partial charge >= 0.3 is 12.3 Å². The first-order chi connectivity index (χ1) is 13.2. The Morgan fingerprint density at radius 3 is 2.14 bits per heavy atom. The maximum atomic E-state index is 12.4. The van der Waals surface area contributed by atoms with Crippen LogP contribution >= 0.6 is 0 Å². The van der Waals surface area contributed by atoms with Gasteiger partial charge in [0.2, 0.25) is 0 Å². The zero-order valence-electron chi connectivity index (χ0n) is 15.2. The molecule has 1 N–H and O–H groups in total. The molecule has 3 nitrogen and oxygen atoms in total. The lowest BCUT2D eigenvalue weighted by Gasteiger charge is -2.15. The third-order valence-corrected chi connectivity index (χ3v) is 4.43. The second-order valence-corrected chi connectivity index (χ2v) is 6.40. The SMILES string of the molecule is Cc1ccccc1-c1ccc(-c2ccc(OC(F)(F)F)cc2C(=O)O)c(C)c1. The quantitative estimate of drug-likeness (QED) is 0.578. The molecule has 3 rings (SSSR count). The summed E-state index contributed by atoms with van der Waals surface area (Å²) in [5.41, 5.74) is 4.66. The lowest BCUT2D eigenvalue weighted by molar-refractivity contribution is -0.274. The highest BCUT2D eigenvalue weighted by molar-refractivity contribution is 5.97. The van der Waals surface area contributed by atoms with Gasteiger partial charge in [-0.3, -0.25) is 0 Å². The molecule has 0 aliphatic rings. The van der Waals surface area contributed by atoms with Crippen LogP contribution in [0.25, 0.3) is 22.3 Å². The zero-order chi connectivity index (χ0) is 20.5. The van der Waals surface area contributed by atoms with E-state index in [-0.39, 0.29) is 5.56 Å². The maximum absolute atomic E-state index is 12.4. The van der Waals surface area contributed by atoms with Crippen LogP contribution in [-0.2, 0) is 0 Å². The normalized spacial score (nSPS) is 11.3. The first-order valence-corrected chi connectivity index (χ1v) is 8.46. The van der Waals surface area contributed by atoms with Gasteiger partial charge < -0.3 is 9.84 Å². The summed E-state index contributed by atoms with van der Waals surface area (Å²) in [6, 6.07) is 16.8. The molecule has 0 amide bonds. The molecule has 3 aromatic rings. The van der Waals surface area contributed by atoms with Crippen LogP contribution in [0.15, 0.2) is 60.7 Å². The Kier molecular flexibility index (Phi) is 5.14. The minimum absolute atomic E-state index is 0.256. The van der Waals surface area contributed by atoms with Gasteiger partial charge in [0.1, 0.15) is 5.75 Å². The smallest absolute Gasteiger partial charge is 0.478 e. The second-order valence-electron chi connectivity index (χ2n) is 6.40. The highest BCUT2D eigenvalue weighted by Crippen LogP contribution is 2.34. The fraction of sp³-hybridized carbons (Fsp3) is 0.136. The number of benzene rings is 3. The van der Waals surface area contributed by atoms with E-state index in [2.05, 4.69) is 4.74 Å². The molecule has 0 saturated carbocycles. The summed E-state index contributed by atoms with van der Waals surface area (Å²) in [5.74, 6) is -1.90. The van der Waals surface area contributed by atoms with Crippen molar-refractivity contribution in [3.8, 4) is 28.0 Å². The van der Waals surface area contributed by atoms with Crippen LogP contribution in [0.3, 0.4) is 0 Å². The molecule has 0 bridgehead atoms. The molecule has 0 atom stereocenters.